The highest BCUT2D eigenvalue weighted by molar-refractivity contribution is 5.99. The monoisotopic (exact) mass is 285 g/mol. The van der Waals surface area contributed by atoms with Gasteiger partial charge in [0.05, 0.1) is 12.5 Å². The molecule has 1 amide bonds. The maximum Gasteiger partial charge on any atom is 0.329 e. The Hall–Kier alpha value is -2.56. The summed E-state index contributed by atoms with van der Waals surface area (Å²) < 4.78 is 5.03. The van der Waals surface area contributed by atoms with Crippen LogP contribution in [0.25, 0.3) is 11.1 Å². The summed E-state index contributed by atoms with van der Waals surface area (Å²) in [7, 11) is 0. The van der Waals surface area contributed by atoms with Gasteiger partial charge in [0.25, 0.3) is 5.91 Å². The number of nitrogens with one attached hydrogen (secondary N) is 1. The van der Waals surface area contributed by atoms with Crippen LogP contribution < -0.4 is 5.32 Å². The van der Waals surface area contributed by atoms with E-state index in [0.717, 1.165) is 17.5 Å². The molecule has 0 radical (unpaired) electrons. The first-order valence-electron chi connectivity index (χ1n) is 6.79. The summed E-state index contributed by atoms with van der Waals surface area (Å²) in [5.74, 6) is -1.32. The van der Waals surface area contributed by atoms with Crippen LogP contribution in [-0.2, 0) is 4.79 Å². The second-order valence-corrected chi connectivity index (χ2v) is 5.29. The Bertz CT molecular complexity index is 671. The number of hydrogen-bond acceptors (Lipinski definition) is 3. The highest BCUT2D eigenvalue weighted by atomic mass is 16.4. The molecule has 108 valence electrons. The molecule has 0 atom stereocenters. The van der Waals surface area contributed by atoms with Gasteiger partial charge in [-0.25, -0.2) is 4.79 Å². The summed E-state index contributed by atoms with van der Waals surface area (Å²) in [6, 6.07) is 8.85. The average molecular weight is 285 g/mol. The van der Waals surface area contributed by atoms with Gasteiger partial charge in [-0.1, -0.05) is 12.1 Å². The van der Waals surface area contributed by atoms with Gasteiger partial charge >= 0.3 is 5.97 Å². The molecule has 0 bridgehead atoms. The number of carbonyl (C=O) groups excluding carboxylic acids is 1. The van der Waals surface area contributed by atoms with E-state index >= 15 is 0 Å². The molecule has 1 saturated carbocycles. The zero-order valence-corrected chi connectivity index (χ0v) is 11.3. The van der Waals surface area contributed by atoms with Crippen molar-refractivity contribution in [1.29, 1.82) is 0 Å². The third-order valence-corrected chi connectivity index (χ3v) is 3.95. The van der Waals surface area contributed by atoms with Crippen LogP contribution in [-0.4, -0.2) is 22.5 Å². The van der Waals surface area contributed by atoms with Crippen molar-refractivity contribution in [3.05, 3.63) is 48.4 Å². The fourth-order valence-electron chi connectivity index (χ4n) is 2.48. The number of carboxylic acids is 1. The molecule has 0 aliphatic heterocycles. The van der Waals surface area contributed by atoms with Gasteiger partial charge in [0.2, 0.25) is 0 Å². The Balaban J connectivity index is 1.82. The first-order valence-corrected chi connectivity index (χ1v) is 6.79. The molecule has 2 N–H and O–H groups in total. The summed E-state index contributed by atoms with van der Waals surface area (Å²) in [6.45, 7) is 0. The van der Waals surface area contributed by atoms with E-state index in [1.807, 2.05) is 12.1 Å². The molecule has 1 aliphatic carbocycles. The van der Waals surface area contributed by atoms with Crippen LogP contribution >= 0.6 is 0 Å². The minimum atomic E-state index is -1.09. The van der Waals surface area contributed by atoms with Crippen molar-refractivity contribution in [2.24, 2.45) is 0 Å². The molecule has 1 heterocycles. The highest BCUT2D eigenvalue weighted by Gasteiger charge is 2.45. The SMILES string of the molecule is O=C(NC1(C(=O)O)CCC1)c1cccc(-c2ccoc2)c1. The number of hydrogen-bond donors (Lipinski definition) is 2. The number of carboxylic acid groups (broad SMARTS) is 1. The fraction of sp³-hybridized carbons (Fsp3) is 0.250. The van der Waals surface area contributed by atoms with Crippen molar-refractivity contribution in [2.75, 3.05) is 0 Å². The van der Waals surface area contributed by atoms with E-state index in [2.05, 4.69) is 5.32 Å². The third kappa shape index (κ3) is 2.42. The molecule has 0 saturated heterocycles. The summed E-state index contributed by atoms with van der Waals surface area (Å²) in [5, 5.41) is 11.9. The van der Waals surface area contributed by atoms with Crippen LogP contribution in [0.5, 0.6) is 0 Å². The number of amides is 1. The van der Waals surface area contributed by atoms with Crippen molar-refractivity contribution in [2.45, 2.75) is 24.8 Å². The van der Waals surface area contributed by atoms with Crippen molar-refractivity contribution in [3.63, 3.8) is 0 Å². The summed E-state index contributed by atoms with van der Waals surface area (Å²) in [4.78, 5) is 23.6. The molecule has 2 aromatic rings. The molecule has 1 aromatic heterocycles. The lowest BCUT2D eigenvalue weighted by atomic mass is 9.76. The van der Waals surface area contributed by atoms with Gasteiger partial charge in [-0.3, -0.25) is 4.79 Å². The van der Waals surface area contributed by atoms with Gasteiger partial charge < -0.3 is 14.8 Å². The smallest absolute Gasteiger partial charge is 0.329 e. The van der Waals surface area contributed by atoms with Gasteiger partial charge in [-0.2, -0.15) is 0 Å². The summed E-state index contributed by atoms with van der Waals surface area (Å²) in [6.07, 6.45) is 4.95. The molecule has 1 aromatic carbocycles. The second kappa shape index (κ2) is 5.09. The Kier molecular flexibility index (Phi) is 3.25. The topological polar surface area (TPSA) is 79.5 Å². The average Bonchev–Trinajstić information content (AvgIpc) is 2.96. The standard InChI is InChI=1S/C16H15NO4/c18-14(17-16(15(19)20)6-2-7-16)12-4-1-3-11(9-12)13-5-8-21-10-13/h1,3-5,8-10H,2,6-7H2,(H,17,18)(H,19,20). The summed E-state index contributed by atoms with van der Waals surface area (Å²) >= 11 is 0. The zero-order chi connectivity index (χ0) is 14.9. The van der Waals surface area contributed by atoms with Gasteiger partial charge in [0.15, 0.2) is 0 Å². The lowest BCUT2D eigenvalue weighted by Crippen LogP contribution is -2.59. The molecule has 3 rings (SSSR count). The molecular formula is C16H15NO4. The van der Waals surface area contributed by atoms with E-state index in [9.17, 15) is 14.7 Å². The van der Waals surface area contributed by atoms with Gasteiger partial charge in [-0.05, 0) is 43.0 Å². The lowest BCUT2D eigenvalue weighted by Gasteiger charge is -2.38. The predicted molar refractivity (Wildman–Crippen MR) is 75.8 cm³/mol. The van der Waals surface area contributed by atoms with E-state index < -0.39 is 11.5 Å². The molecule has 0 spiro atoms. The molecule has 5 heteroatoms. The number of furan rings is 1. The zero-order valence-electron chi connectivity index (χ0n) is 11.3. The van der Waals surface area contributed by atoms with Crippen molar-refractivity contribution < 1.29 is 19.1 Å². The van der Waals surface area contributed by atoms with Crippen molar-refractivity contribution in [1.82, 2.24) is 5.32 Å². The first-order chi connectivity index (χ1) is 10.1. The van der Waals surface area contributed by atoms with Crippen molar-refractivity contribution >= 4 is 11.9 Å². The molecule has 1 fully saturated rings. The maximum absolute atomic E-state index is 12.3. The number of aliphatic carboxylic acids is 1. The van der Waals surface area contributed by atoms with E-state index in [-0.39, 0.29) is 5.91 Å². The molecule has 0 unspecified atom stereocenters. The Labute approximate surface area is 121 Å². The highest BCUT2D eigenvalue weighted by Crippen LogP contribution is 2.32. The van der Waals surface area contributed by atoms with Gasteiger partial charge in [0.1, 0.15) is 5.54 Å². The van der Waals surface area contributed by atoms with E-state index in [1.165, 1.54) is 0 Å². The quantitative estimate of drug-likeness (QED) is 0.905. The minimum absolute atomic E-state index is 0.359. The fourth-order valence-corrected chi connectivity index (χ4v) is 2.48. The number of carbonyl (C=O) groups is 2. The van der Waals surface area contributed by atoms with Crippen LogP contribution in [0.1, 0.15) is 29.6 Å². The number of benzene rings is 1. The Morgan fingerprint density at radius 2 is 2.00 bits per heavy atom. The third-order valence-electron chi connectivity index (χ3n) is 3.95. The normalized spacial score (nSPS) is 16.0. The van der Waals surface area contributed by atoms with Crippen LogP contribution in [0.15, 0.2) is 47.3 Å². The molecule has 21 heavy (non-hydrogen) atoms. The predicted octanol–water partition coefficient (Wildman–Crippen LogP) is 2.68. The van der Waals surface area contributed by atoms with Crippen molar-refractivity contribution in [3.8, 4) is 11.1 Å². The van der Waals surface area contributed by atoms with E-state index in [1.54, 1.807) is 30.7 Å². The van der Waals surface area contributed by atoms with Crippen LogP contribution in [0, 0.1) is 0 Å². The molecule has 5 nitrogen and oxygen atoms in total. The number of rotatable bonds is 4. The van der Waals surface area contributed by atoms with Gasteiger partial charge in [-0.15, -0.1) is 0 Å². The lowest BCUT2D eigenvalue weighted by molar-refractivity contribution is -0.148. The molecule has 1 aliphatic rings. The minimum Gasteiger partial charge on any atom is -0.480 e. The largest absolute Gasteiger partial charge is 0.480 e. The van der Waals surface area contributed by atoms with E-state index in [0.29, 0.717) is 18.4 Å². The summed E-state index contributed by atoms with van der Waals surface area (Å²) in [5.41, 5.74) is 1.08. The Morgan fingerprint density at radius 1 is 1.19 bits per heavy atom. The van der Waals surface area contributed by atoms with Crippen LogP contribution in [0.4, 0.5) is 0 Å². The first kappa shape index (κ1) is 13.4. The molecular weight excluding hydrogens is 270 g/mol. The van der Waals surface area contributed by atoms with E-state index in [4.69, 9.17) is 4.42 Å². The Morgan fingerprint density at radius 3 is 2.57 bits per heavy atom. The maximum atomic E-state index is 12.3. The second-order valence-electron chi connectivity index (χ2n) is 5.29. The van der Waals surface area contributed by atoms with Crippen LogP contribution in [0.3, 0.4) is 0 Å². The van der Waals surface area contributed by atoms with Gasteiger partial charge in [0, 0.05) is 11.1 Å². The van der Waals surface area contributed by atoms with Crippen LogP contribution in [0.2, 0.25) is 0 Å².